The molecule has 0 aliphatic rings. The Morgan fingerprint density at radius 3 is 2.59 bits per heavy atom. The van der Waals surface area contributed by atoms with Crippen LogP contribution in [0.3, 0.4) is 0 Å². The van der Waals surface area contributed by atoms with Crippen LogP contribution in [0.25, 0.3) is 0 Å². The quantitative estimate of drug-likeness (QED) is 0.824. The Hall–Kier alpha value is -2.17. The molecule has 2 N–H and O–H groups in total. The molecule has 0 aliphatic heterocycles. The monoisotopic (exact) mass is 299 g/mol. The van der Waals surface area contributed by atoms with Gasteiger partial charge in [-0.3, -0.25) is 4.79 Å². The number of carbonyl (C=O) groups is 1. The van der Waals surface area contributed by atoms with Crippen molar-refractivity contribution in [1.29, 1.82) is 0 Å². The smallest absolute Gasteiger partial charge is 0.251 e. The molecule has 2 aromatic carbocycles. The molecule has 0 saturated carbocycles. The van der Waals surface area contributed by atoms with Gasteiger partial charge in [0, 0.05) is 25.6 Å². The SMILES string of the molecule is COCc1cccc(C(=O)NCC(O)Cc2ccccc2)c1. The standard InChI is InChI=1S/C18H21NO3/c1-22-13-15-8-5-9-16(10-15)18(21)19-12-17(20)11-14-6-3-2-4-7-14/h2-10,17,20H,11-13H2,1H3,(H,19,21). The van der Waals surface area contributed by atoms with Gasteiger partial charge in [-0.25, -0.2) is 0 Å². The number of aliphatic hydroxyl groups excluding tert-OH is 1. The molecule has 0 aliphatic carbocycles. The molecule has 1 atom stereocenters. The molecule has 0 saturated heterocycles. The van der Waals surface area contributed by atoms with E-state index in [9.17, 15) is 9.90 Å². The molecule has 4 nitrogen and oxygen atoms in total. The van der Waals surface area contributed by atoms with Crippen LogP contribution in [0.15, 0.2) is 54.6 Å². The van der Waals surface area contributed by atoms with Gasteiger partial charge >= 0.3 is 0 Å². The molecule has 0 fully saturated rings. The molecule has 2 rings (SSSR count). The lowest BCUT2D eigenvalue weighted by Crippen LogP contribution is -2.33. The van der Waals surface area contributed by atoms with Gasteiger partial charge in [-0.2, -0.15) is 0 Å². The highest BCUT2D eigenvalue weighted by atomic mass is 16.5. The molecule has 1 unspecified atom stereocenters. The molecule has 0 radical (unpaired) electrons. The van der Waals surface area contributed by atoms with Crippen LogP contribution in [0.5, 0.6) is 0 Å². The lowest BCUT2D eigenvalue weighted by Gasteiger charge is -2.12. The van der Waals surface area contributed by atoms with Crippen LogP contribution in [0, 0.1) is 0 Å². The number of rotatable bonds is 7. The predicted octanol–water partition coefficient (Wildman–Crippen LogP) is 2.17. The van der Waals surface area contributed by atoms with Gasteiger partial charge in [-0.1, -0.05) is 42.5 Å². The fraction of sp³-hybridized carbons (Fsp3) is 0.278. The van der Waals surface area contributed by atoms with Gasteiger partial charge in [0.15, 0.2) is 0 Å². The van der Waals surface area contributed by atoms with Crippen molar-refractivity contribution in [3.63, 3.8) is 0 Å². The Labute approximate surface area is 130 Å². The molecule has 0 aromatic heterocycles. The molecule has 2 aromatic rings. The van der Waals surface area contributed by atoms with E-state index >= 15 is 0 Å². The first-order chi connectivity index (χ1) is 10.7. The van der Waals surface area contributed by atoms with Crippen LogP contribution in [-0.2, 0) is 17.8 Å². The Morgan fingerprint density at radius 1 is 1.14 bits per heavy atom. The minimum Gasteiger partial charge on any atom is -0.391 e. The van der Waals surface area contributed by atoms with E-state index in [1.165, 1.54) is 0 Å². The van der Waals surface area contributed by atoms with E-state index in [1.54, 1.807) is 19.2 Å². The van der Waals surface area contributed by atoms with E-state index in [1.807, 2.05) is 42.5 Å². The summed E-state index contributed by atoms with van der Waals surface area (Å²) in [6.45, 7) is 0.694. The van der Waals surface area contributed by atoms with Crippen LogP contribution in [0.2, 0.25) is 0 Å². The van der Waals surface area contributed by atoms with Gasteiger partial charge in [0.05, 0.1) is 12.7 Å². The molecule has 0 bridgehead atoms. The molecule has 0 heterocycles. The summed E-state index contributed by atoms with van der Waals surface area (Å²) in [5.41, 5.74) is 2.56. The fourth-order valence-electron chi connectivity index (χ4n) is 2.24. The van der Waals surface area contributed by atoms with Crippen LogP contribution < -0.4 is 5.32 Å². The third-order valence-corrected chi connectivity index (χ3v) is 3.31. The summed E-state index contributed by atoms with van der Waals surface area (Å²) < 4.78 is 5.06. The fourth-order valence-corrected chi connectivity index (χ4v) is 2.24. The van der Waals surface area contributed by atoms with Gasteiger partial charge in [0.2, 0.25) is 0 Å². The van der Waals surface area contributed by atoms with Crippen molar-refractivity contribution in [2.45, 2.75) is 19.1 Å². The second-order valence-electron chi connectivity index (χ2n) is 5.19. The molecule has 1 amide bonds. The lowest BCUT2D eigenvalue weighted by molar-refractivity contribution is 0.0915. The highest BCUT2D eigenvalue weighted by molar-refractivity contribution is 5.94. The summed E-state index contributed by atoms with van der Waals surface area (Å²) in [5, 5.41) is 12.8. The molecular formula is C18H21NO3. The van der Waals surface area contributed by atoms with Gasteiger partial charge in [0.1, 0.15) is 0 Å². The average molecular weight is 299 g/mol. The first-order valence-corrected chi connectivity index (χ1v) is 7.27. The molecular weight excluding hydrogens is 278 g/mol. The number of carbonyl (C=O) groups excluding carboxylic acids is 1. The molecule has 0 spiro atoms. The molecule has 4 heteroatoms. The largest absolute Gasteiger partial charge is 0.391 e. The normalized spacial score (nSPS) is 11.9. The Morgan fingerprint density at radius 2 is 1.86 bits per heavy atom. The van der Waals surface area contributed by atoms with E-state index in [0.717, 1.165) is 11.1 Å². The zero-order valence-electron chi connectivity index (χ0n) is 12.7. The maximum Gasteiger partial charge on any atom is 0.251 e. The topological polar surface area (TPSA) is 58.6 Å². The van der Waals surface area contributed by atoms with Crippen molar-refractivity contribution in [2.75, 3.05) is 13.7 Å². The summed E-state index contributed by atoms with van der Waals surface area (Å²) in [6, 6.07) is 17.0. The summed E-state index contributed by atoms with van der Waals surface area (Å²) in [5.74, 6) is -0.190. The van der Waals surface area contributed by atoms with Gasteiger partial charge in [-0.05, 0) is 23.3 Å². The third kappa shape index (κ3) is 4.98. The summed E-state index contributed by atoms with van der Waals surface area (Å²) in [4.78, 5) is 12.1. The van der Waals surface area contributed by atoms with Gasteiger partial charge in [0.25, 0.3) is 5.91 Å². The first-order valence-electron chi connectivity index (χ1n) is 7.27. The number of hydrogen-bond donors (Lipinski definition) is 2. The number of hydrogen-bond acceptors (Lipinski definition) is 3. The van der Waals surface area contributed by atoms with E-state index in [4.69, 9.17) is 4.74 Å². The highest BCUT2D eigenvalue weighted by Crippen LogP contribution is 2.07. The molecule has 116 valence electrons. The van der Waals surface area contributed by atoms with Gasteiger partial charge < -0.3 is 15.2 Å². The third-order valence-electron chi connectivity index (χ3n) is 3.31. The number of nitrogens with one attached hydrogen (secondary N) is 1. The van der Waals surface area contributed by atoms with E-state index in [0.29, 0.717) is 18.6 Å². The zero-order valence-corrected chi connectivity index (χ0v) is 12.7. The Balaban J connectivity index is 1.85. The van der Waals surface area contributed by atoms with Crippen molar-refractivity contribution in [3.05, 3.63) is 71.3 Å². The van der Waals surface area contributed by atoms with Crippen LogP contribution in [-0.4, -0.2) is 30.8 Å². The Kier molecular flexibility index (Phi) is 6.13. The predicted molar refractivity (Wildman–Crippen MR) is 85.6 cm³/mol. The zero-order chi connectivity index (χ0) is 15.8. The van der Waals surface area contributed by atoms with Crippen LogP contribution in [0.1, 0.15) is 21.5 Å². The number of ether oxygens (including phenoxy) is 1. The Bertz CT molecular complexity index is 598. The van der Waals surface area contributed by atoms with E-state index < -0.39 is 6.10 Å². The van der Waals surface area contributed by atoms with Crippen molar-refractivity contribution in [1.82, 2.24) is 5.32 Å². The summed E-state index contributed by atoms with van der Waals surface area (Å²) >= 11 is 0. The summed E-state index contributed by atoms with van der Waals surface area (Å²) in [6.07, 6.45) is -0.0845. The minimum absolute atomic E-state index is 0.190. The second-order valence-corrected chi connectivity index (χ2v) is 5.19. The summed E-state index contributed by atoms with van der Waals surface area (Å²) in [7, 11) is 1.62. The van der Waals surface area contributed by atoms with E-state index in [-0.39, 0.29) is 12.5 Å². The number of aliphatic hydroxyl groups is 1. The number of benzene rings is 2. The highest BCUT2D eigenvalue weighted by Gasteiger charge is 2.10. The number of amides is 1. The van der Waals surface area contributed by atoms with Crippen LogP contribution >= 0.6 is 0 Å². The van der Waals surface area contributed by atoms with Crippen LogP contribution in [0.4, 0.5) is 0 Å². The maximum absolute atomic E-state index is 12.1. The minimum atomic E-state index is -0.603. The van der Waals surface area contributed by atoms with Crippen molar-refractivity contribution < 1.29 is 14.6 Å². The van der Waals surface area contributed by atoms with Crippen molar-refractivity contribution in [2.24, 2.45) is 0 Å². The maximum atomic E-state index is 12.1. The van der Waals surface area contributed by atoms with Crippen molar-refractivity contribution in [3.8, 4) is 0 Å². The number of methoxy groups -OCH3 is 1. The van der Waals surface area contributed by atoms with Gasteiger partial charge in [-0.15, -0.1) is 0 Å². The first kappa shape index (κ1) is 16.2. The van der Waals surface area contributed by atoms with E-state index in [2.05, 4.69) is 5.32 Å². The lowest BCUT2D eigenvalue weighted by atomic mass is 10.1. The van der Waals surface area contributed by atoms with Crippen molar-refractivity contribution >= 4 is 5.91 Å². The average Bonchev–Trinajstić information content (AvgIpc) is 2.54. The molecule has 22 heavy (non-hydrogen) atoms. The second kappa shape index (κ2) is 8.32.